The van der Waals surface area contributed by atoms with Crippen LogP contribution in [-0.2, 0) is 11.2 Å². The minimum Gasteiger partial charge on any atom is -0.324 e. The lowest BCUT2D eigenvalue weighted by Crippen LogP contribution is -2.48. The van der Waals surface area contributed by atoms with Crippen LogP contribution in [0, 0.1) is 0 Å². The lowest BCUT2D eigenvalue weighted by Gasteiger charge is -2.36. The van der Waals surface area contributed by atoms with Crippen LogP contribution in [-0.4, -0.2) is 39.5 Å². The molecule has 5 rings (SSSR count). The van der Waals surface area contributed by atoms with E-state index >= 15 is 0 Å². The summed E-state index contributed by atoms with van der Waals surface area (Å²) in [5.74, 6) is 0.0904. The van der Waals surface area contributed by atoms with Gasteiger partial charge >= 0.3 is 5.69 Å². The van der Waals surface area contributed by atoms with Gasteiger partial charge < -0.3 is 10.3 Å². The molecule has 0 radical (unpaired) electrons. The van der Waals surface area contributed by atoms with Crippen molar-refractivity contribution < 1.29 is 4.79 Å². The van der Waals surface area contributed by atoms with Gasteiger partial charge in [-0.1, -0.05) is 30.3 Å². The molecule has 2 aromatic carbocycles. The molecule has 1 unspecified atom stereocenters. The first-order chi connectivity index (χ1) is 13.7. The molecular weight excluding hydrogens is 352 g/mol. The number of anilines is 1. The molecule has 6 nitrogen and oxygen atoms in total. The average molecular weight is 376 g/mol. The molecular formula is C22H24N4O2. The molecule has 3 aromatic rings. The molecule has 1 amide bonds. The highest BCUT2D eigenvalue weighted by Crippen LogP contribution is 2.29. The van der Waals surface area contributed by atoms with E-state index in [1.54, 1.807) is 0 Å². The topological polar surface area (TPSA) is 70.1 Å². The van der Waals surface area contributed by atoms with Gasteiger partial charge in [0.15, 0.2) is 0 Å². The molecule has 0 spiro atoms. The number of aromatic nitrogens is 2. The van der Waals surface area contributed by atoms with Crippen LogP contribution in [0.1, 0.15) is 30.9 Å². The van der Waals surface area contributed by atoms with E-state index in [2.05, 4.69) is 21.3 Å². The van der Waals surface area contributed by atoms with Gasteiger partial charge in [-0.15, -0.1) is 0 Å². The number of hydrogen-bond acceptors (Lipinski definition) is 3. The van der Waals surface area contributed by atoms with Crippen molar-refractivity contribution >= 4 is 22.6 Å². The van der Waals surface area contributed by atoms with E-state index in [9.17, 15) is 9.59 Å². The number of H-pyrrole nitrogens is 1. The number of imidazole rings is 1. The number of fused-ring (bicyclic) bond motifs is 2. The van der Waals surface area contributed by atoms with Crippen molar-refractivity contribution in [3.63, 3.8) is 0 Å². The number of benzene rings is 2. The van der Waals surface area contributed by atoms with E-state index in [4.69, 9.17) is 0 Å². The van der Waals surface area contributed by atoms with E-state index in [0.29, 0.717) is 0 Å². The molecule has 0 aliphatic carbocycles. The highest BCUT2D eigenvalue weighted by atomic mass is 16.2. The van der Waals surface area contributed by atoms with Crippen molar-refractivity contribution in [3.8, 4) is 0 Å². The number of nitrogens with one attached hydrogen (secondary N) is 2. The normalized spacial score (nSPS) is 21.3. The second-order valence-electron chi connectivity index (χ2n) is 7.79. The molecule has 1 atom stereocenters. The molecule has 1 aromatic heterocycles. The molecule has 1 saturated heterocycles. The maximum atomic E-state index is 12.8. The zero-order valence-electron chi connectivity index (χ0n) is 15.7. The first-order valence-corrected chi connectivity index (χ1v) is 10.0. The van der Waals surface area contributed by atoms with Gasteiger partial charge in [0.25, 0.3) is 0 Å². The monoisotopic (exact) mass is 376 g/mol. The lowest BCUT2D eigenvalue weighted by molar-refractivity contribution is -0.122. The fourth-order valence-corrected chi connectivity index (χ4v) is 4.74. The van der Waals surface area contributed by atoms with Crippen LogP contribution in [0.5, 0.6) is 0 Å². The van der Waals surface area contributed by atoms with Crippen LogP contribution in [0.4, 0.5) is 5.69 Å². The molecule has 144 valence electrons. The van der Waals surface area contributed by atoms with Crippen LogP contribution in [0.2, 0.25) is 0 Å². The zero-order chi connectivity index (χ0) is 19.1. The molecule has 28 heavy (non-hydrogen) atoms. The van der Waals surface area contributed by atoms with Crippen molar-refractivity contribution in [2.45, 2.75) is 37.8 Å². The van der Waals surface area contributed by atoms with Gasteiger partial charge in [-0.25, -0.2) is 4.79 Å². The molecule has 3 heterocycles. The molecule has 2 N–H and O–H groups in total. The fraction of sp³-hybridized carbons (Fsp3) is 0.364. The number of rotatable bonds is 2. The Balaban J connectivity index is 1.32. The maximum absolute atomic E-state index is 12.8. The summed E-state index contributed by atoms with van der Waals surface area (Å²) in [4.78, 5) is 30.5. The first-order valence-electron chi connectivity index (χ1n) is 10.0. The Kier molecular flexibility index (Phi) is 4.28. The van der Waals surface area contributed by atoms with Gasteiger partial charge in [0, 0.05) is 24.8 Å². The van der Waals surface area contributed by atoms with Crippen molar-refractivity contribution in [1.82, 2.24) is 14.5 Å². The van der Waals surface area contributed by atoms with Crippen LogP contribution in [0.25, 0.3) is 11.0 Å². The van der Waals surface area contributed by atoms with Gasteiger partial charge in [0.1, 0.15) is 0 Å². The minimum atomic E-state index is -0.104. The highest BCUT2D eigenvalue weighted by molar-refractivity contribution is 5.96. The summed E-state index contributed by atoms with van der Waals surface area (Å²) in [6, 6.07) is 16.0. The standard InChI is InChI=1S/C22H24N4O2/c27-21-20(10-9-15-5-1-2-6-17(15)23-21)25-13-11-16(12-14-25)26-19-8-4-3-7-18(19)24-22(26)28/h1-8,16,20H,9-14H2,(H,23,27)(H,24,28). The van der Waals surface area contributed by atoms with Gasteiger partial charge in [0.2, 0.25) is 5.91 Å². The third-order valence-corrected chi connectivity index (χ3v) is 6.19. The SMILES string of the molecule is O=C1Nc2ccccc2CCC1N1CCC(n2c(=O)[nH]c3ccccc32)CC1. The van der Waals surface area contributed by atoms with Gasteiger partial charge in [-0.3, -0.25) is 14.3 Å². The van der Waals surface area contributed by atoms with Crippen molar-refractivity contribution in [2.75, 3.05) is 18.4 Å². The largest absolute Gasteiger partial charge is 0.326 e. The Morgan fingerprint density at radius 1 is 0.893 bits per heavy atom. The Bertz CT molecular complexity index is 1080. The number of piperidine rings is 1. The van der Waals surface area contributed by atoms with Crippen LogP contribution in [0.3, 0.4) is 0 Å². The average Bonchev–Trinajstić information content (AvgIpc) is 2.95. The quantitative estimate of drug-likeness (QED) is 0.722. The number of likely N-dealkylation sites (tertiary alicyclic amines) is 1. The molecule has 0 saturated carbocycles. The van der Waals surface area contributed by atoms with Crippen LogP contribution >= 0.6 is 0 Å². The lowest BCUT2D eigenvalue weighted by atomic mass is 9.99. The Morgan fingerprint density at radius 3 is 2.50 bits per heavy atom. The zero-order valence-corrected chi connectivity index (χ0v) is 15.7. The summed E-state index contributed by atoms with van der Waals surface area (Å²) in [6.07, 6.45) is 3.49. The third kappa shape index (κ3) is 2.94. The number of amides is 1. The minimum absolute atomic E-state index is 0.0395. The van der Waals surface area contributed by atoms with Crippen molar-refractivity contribution in [3.05, 3.63) is 64.6 Å². The smallest absolute Gasteiger partial charge is 0.324 e. The second-order valence-corrected chi connectivity index (χ2v) is 7.79. The predicted molar refractivity (Wildman–Crippen MR) is 110 cm³/mol. The number of carbonyl (C=O) groups is 1. The molecule has 1 fully saturated rings. The summed E-state index contributed by atoms with van der Waals surface area (Å²) < 4.78 is 1.90. The summed E-state index contributed by atoms with van der Waals surface area (Å²) in [5, 5.41) is 3.10. The van der Waals surface area contributed by atoms with Crippen LogP contribution < -0.4 is 11.0 Å². The van der Waals surface area contributed by atoms with E-state index < -0.39 is 0 Å². The van der Waals surface area contributed by atoms with E-state index in [1.165, 1.54) is 5.56 Å². The number of aromatic amines is 1. The Morgan fingerprint density at radius 2 is 1.64 bits per heavy atom. The first kappa shape index (κ1) is 17.3. The summed E-state index contributed by atoms with van der Waals surface area (Å²) in [6.45, 7) is 1.65. The van der Waals surface area contributed by atoms with E-state index in [0.717, 1.165) is 55.5 Å². The second kappa shape index (κ2) is 6.95. The van der Waals surface area contributed by atoms with Gasteiger partial charge in [-0.05, 0) is 49.4 Å². The number of carbonyl (C=O) groups excluding carboxylic acids is 1. The Hall–Kier alpha value is -2.86. The third-order valence-electron chi connectivity index (χ3n) is 6.19. The van der Waals surface area contributed by atoms with E-state index in [1.807, 2.05) is 47.0 Å². The number of nitrogens with zero attached hydrogens (tertiary/aromatic N) is 2. The van der Waals surface area contributed by atoms with Crippen molar-refractivity contribution in [1.29, 1.82) is 0 Å². The maximum Gasteiger partial charge on any atom is 0.326 e. The summed E-state index contributed by atoms with van der Waals surface area (Å²) >= 11 is 0. The molecule has 0 bridgehead atoms. The van der Waals surface area contributed by atoms with Gasteiger partial charge in [0.05, 0.1) is 17.1 Å². The van der Waals surface area contributed by atoms with E-state index in [-0.39, 0.29) is 23.7 Å². The molecule has 6 heteroatoms. The fourth-order valence-electron chi connectivity index (χ4n) is 4.74. The molecule has 2 aliphatic rings. The predicted octanol–water partition coefficient (Wildman–Crippen LogP) is 2.92. The Labute approximate surface area is 163 Å². The van der Waals surface area contributed by atoms with Gasteiger partial charge in [-0.2, -0.15) is 0 Å². The van der Waals surface area contributed by atoms with Crippen molar-refractivity contribution in [2.24, 2.45) is 0 Å². The number of hydrogen-bond donors (Lipinski definition) is 2. The summed E-state index contributed by atoms with van der Waals surface area (Å²) in [7, 11) is 0. The summed E-state index contributed by atoms with van der Waals surface area (Å²) in [5.41, 5.74) is 3.96. The van der Waals surface area contributed by atoms with Crippen LogP contribution in [0.15, 0.2) is 53.3 Å². The number of aryl methyl sites for hydroxylation is 1. The molecule has 2 aliphatic heterocycles. The number of para-hydroxylation sites is 3. The highest BCUT2D eigenvalue weighted by Gasteiger charge is 2.32.